The van der Waals surface area contributed by atoms with Gasteiger partial charge >= 0.3 is 5.97 Å². The molecule has 0 spiro atoms. The Morgan fingerprint density at radius 2 is 2.27 bits per heavy atom. The van der Waals surface area contributed by atoms with E-state index in [4.69, 9.17) is 4.74 Å². The largest absolute Gasteiger partial charge is 0.507 e. The van der Waals surface area contributed by atoms with E-state index in [1.807, 2.05) is 0 Å². The molecule has 1 aromatic carbocycles. The van der Waals surface area contributed by atoms with E-state index in [-0.39, 0.29) is 24.3 Å². The summed E-state index contributed by atoms with van der Waals surface area (Å²) in [6.45, 7) is 1.93. The molecule has 4 nitrogen and oxygen atoms in total. The van der Waals surface area contributed by atoms with Crippen LogP contribution in [0.15, 0.2) is 18.2 Å². The van der Waals surface area contributed by atoms with Crippen molar-refractivity contribution < 1.29 is 19.4 Å². The maximum absolute atomic E-state index is 11.4. The van der Waals surface area contributed by atoms with Crippen molar-refractivity contribution in [2.75, 3.05) is 6.61 Å². The molecule has 0 aliphatic carbocycles. The Hall–Kier alpha value is -1.84. The summed E-state index contributed by atoms with van der Waals surface area (Å²) in [7, 11) is 0. The number of aromatic hydroxyl groups is 1. The molecule has 0 aliphatic heterocycles. The lowest BCUT2D eigenvalue weighted by atomic mass is 10.1. The van der Waals surface area contributed by atoms with Crippen LogP contribution < -0.4 is 0 Å². The van der Waals surface area contributed by atoms with Crippen LogP contribution in [-0.4, -0.2) is 24.0 Å². The average Bonchev–Trinajstić information content (AvgIpc) is 2.21. The van der Waals surface area contributed by atoms with Crippen LogP contribution >= 0.6 is 0 Å². The van der Waals surface area contributed by atoms with Gasteiger partial charge in [-0.3, -0.25) is 0 Å². The van der Waals surface area contributed by atoms with Gasteiger partial charge in [-0.25, -0.2) is 4.79 Å². The molecular formula is C11H12O4. The number of esters is 1. The lowest BCUT2D eigenvalue weighted by molar-refractivity contribution is -0.107. The van der Waals surface area contributed by atoms with Gasteiger partial charge in [0.15, 0.2) is 0 Å². The molecule has 0 saturated carbocycles. The summed E-state index contributed by atoms with van der Waals surface area (Å²) in [5.74, 6) is -0.717. The summed E-state index contributed by atoms with van der Waals surface area (Å²) in [5, 5.41) is 9.41. The summed E-state index contributed by atoms with van der Waals surface area (Å²) in [6.07, 6.45) is 0.952. The number of hydrogen-bond acceptors (Lipinski definition) is 4. The van der Waals surface area contributed by atoms with E-state index in [2.05, 4.69) is 0 Å². The van der Waals surface area contributed by atoms with E-state index in [0.29, 0.717) is 5.56 Å². The number of aldehydes is 1. The number of ether oxygens (including phenoxy) is 1. The van der Waals surface area contributed by atoms with Crippen molar-refractivity contribution >= 4 is 12.3 Å². The van der Waals surface area contributed by atoms with Crippen molar-refractivity contribution in [1.82, 2.24) is 0 Å². The van der Waals surface area contributed by atoms with Crippen molar-refractivity contribution in [2.45, 2.75) is 13.3 Å². The van der Waals surface area contributed by atoms with Crippen molar-refractivity contribution in [3.8, 4) is 5.75 Å². The van der Waals surface area contributed by atoms with Gasteiger partial charge in [0.25, 0.3) is 0 Å². The molecule has 0 amide bonds. The smallest absolute Gasteiger partial charge is 0.341 e. The zero-order valence-corrected chi connectivity index (χ0v) is 8.40. The monoisotopic (exact) mass is 208 g/mol. The number of phenolic OH excluding ortho intramolecular Hbond substituents is 1. The molecule has 0 fully saturated rings. The second-order valence-corrected chi connectivity index (χ2v) is 2.94. The second kappa shape index (κ2) is 5.14. The molecule has 0 aliphatic rings. The fraction of sp³-hybridized carbons (Fsp3) is 0.273. The quantitative estimate of drug-likeness (QED) is 0.598. The standard InChI is InChI=1S/C11H12O4/c1-2-15-11(14)9-7-8(5-6-12)3-4-10(9)13/h3-4,6-7,13H,2,5H2,1H3. The van der Waals surface area contributed by atoms with Gasteiger partial charge in [-0.15, -0.1) is 0 Å². The number of hydrogen-bond donors (Lipinski definition) is 1. The number of phenols is 1. The highest BCUT2D eigenvalue weighted by molar-refractivity contribution is 5.92. The molecule has 15 heavy (non-hydrogen) atoms. The summed E-state index contributed by atoms with van der Waals surface area (Å²) < 4.78 is 4.75. The van der Waals surface area contributed by atoms with Crippen LogP contribution in [0.4, 0.5) is 0 Å². The summed E-state index contributed by atoms with van der Waals surface area (Å²) >= 11 is 0. The molecule has 0 aromatic heterocycles. The second-order valence-electron chi connectivity index (χ2n) is 2.94. The fourth-order valence-corrected chi connectivity index (χ4v) is 1.18. The molecule has 0 atom stereocenters. The summed E-state index contributed by atoms with van der Waals surface area (Å²) in [6, 6.07) is 4.43. The Balaban J connectivity index is 2.99. The Bertz CT molecular complexity index is 371. The minimum atomic E-state index is -0.581. The maximum Gasteiger partial charge on any atom is 0.341 e. The van der Waals surface area contributed by atoms with Crippen molar-refractivity contribution in [3.63, 3.8) is 0 Å². The van der Waals surface area contributed by atoms with Crippen molar-refractivity contribution in [2.24, 2.45) is 0 Å². The van der Waals surface area contributed by atoms with Crippen LogP contribution in [0, 0.1) is 0 Å². The molecule has 1 rings (SSSR count). The highest BCUT2D eigenvalue weighted by Crippen LogP contribution is 2.19. The van der Waals surface area contributed by atoms with Gasteiger partial charge in [0, 0.05) is 6.42 Å². The maximum atomic E-state index is 11.4. The SMILES string of the molecule is CCOC(=O)c1cc(CC=O)ccc1O. The van der Waals surface area contributed by atoms with Crippen LogP contribution in [0.1, 0.15) is 22.8 Å². The van der Waals surface area contributed by atoms with Gasteiger partial charge in [-0.1, -0.05) is 6.07 Å². The highest BCUT2D eigenvalue weighted by atomic mass is 16.5. The third kappa shape index (κ3) is 2.80. The normalized spacial score (nSPS) is 9.67. The van der Waals surface area contributed by atoms with Crippen LogP contribution in [0.3, 0.4) is 0 Å². The topological polar surface area (TPSA) is 63.6 Å². The van der Waals surface area contributed by atoms with Gasteiger partial charge in [0.2, 0.25) is 0 Å². The molecule has 0 unspecified atom stereocenters. The Morgan fingerprint density at radius 3 is 2.87 bits per heavy atom. The highest BCUT2D eigenvalue weighted by Gasteiger charge is 2.12. The third-order valence-electron chi connectivity index (χ3n) is 1.88. The summed E-state index contributed by atoms with van der Waals surface area (Å²) in [4.78, 5) is 21.6. The lowest BCUT2D eigenvalue weighted by Gasteiger charge is -2.05. The minimum Gasteiger partial charge on any atom is -0.507 e. The van der Waals surface area contributed by atoms with E-state index in [1.54, 1.807) is 13.0 Å². The van der Waals surface area contributed by atoms with Crippen LogP contribution in [0.2, 0.25) is 0 Å². The number of carbonyl (C=O) groups excluding carboxylic acids is 2. The summed E-state index contributed by atoms with van der Waals surface area (Å²) in [5.41, 5.74) is 0.766. The fourth-order valence-electron chi connectivity index (χ4n) is 1.18. The van der Waals surface area contributed by atoms with Gasteiger partial charge in [0.1, 0.15) is 17.6 Å². The van der Waals surface area contributed by atoms with Crippen LogP contribution in [0.5, 0.6) is 5.75 Å². The molecule has 1 N–H and O–H groups in total. The van der Waals surface area contributed by atoms with Crippen LogP contribution in [0.25, 0.3) is 0 Å². The minimum absolute atomic E-state index is 0.0937. The molecule has 0 heterocycles. The van der Waals surface area contributed by atoms with Gasteiger partial charge < -0.3 is 14.6 Å². The first-order valence-electron chi connectivity index (χ1n) is 4.61. The van der Waals surface area contributed by atoms with E-state index in [0.717, 1.165) is 6.29 Å². The molecule has 0 saturated heterocycles. The van der Waals surface area contributed by atoms with Crippen LogP contribution in [-0.2, 0) is 16.0 Å². The Labute approximate surface area is 87.5 Å². The van der Waals surface area contributed by atoms with Gasteiger partial charge in [-0.2, -0.15) is 0 Å². The Morgan fingerprint density at radius 1 is 1.53 bits per heavy atom. The molecule has 0 radical (unpaired) electrons. The number of rotatable bonds is 4. The molecule has 0 bridgehead atoms. The first-order valence-corrected chi connectivity index (χ1v) is 4.61. The first kappa shape index (κ1) is 11.2. The predicted molar refractivity (Wildman–Crippen MR) is 53.8 cm³/mol. The van der Waals surface area contributed by atoms with Crippen molar-refractivity contribution in [1.29, 1.82) is 0 Å². The zero-order valence-electron chi connectivity index (χ0n) is 8.40. The van der Waals surface area contributed by atoms with E-state index < -0.39 is 5.97 Å². The van der Waals surface area contributed by atoms with Gasteiger partial charge in [-0.05, 0) is 24.6 Å². The van der Waals surface area contributed by atoms with Gasteiger partial charge in [0.05, 0.1) is 6.61 Å². The van der Waals surface area contributed by atoms with E-state index >= 15 is 0 Å². The number of carbonyl (C=O) groups is 2. The molecule has 4 heteroatoms. The third-order valence-corrected chi connectivity index (χ3v) is 1.88. The zero-order chi connectivity index (χ0) is 11.3. The first-order chi connectivity index (χ1) is 7.19. The Kier molecular flexibility index (Phi) is 3.85. The predicted octanol–water partition coefficient (Wildman–Crippen LogP) is 1.31. The molecule has 80 valence electrons. The van der Waals surface area contributed by atoms with Crippen molar-refractivity contribution in [3.05, 3.63) is 29.3 Å². The molecule has 1 aromatic rings. The molecular weight excluding hydrogens is 196 g/mol. The lowest BCUT2D eigenvalue weighted by Crippen LogP contribution is -2.05. The number of benzene rings is 1. The average molecular weight is 208 g/mol. The van der Waals surface area contributed by atoms with E-state index in [1.165, 1.54) is 12.1 Å². The van der Waals surface area contributed by atoms with E-state index in [9.17, 15) is 14.7 Å².